The number of rotatable bonds is 5. The molecule has 31 heavy (non-hydrogen) atoms. The Labute approximate surface area is 180 Å². The van der Waals surface area contributed by atoms with E-state index in [0.717, 1.165) is 23.1 Å². The first-order chi connectivity index (χ1) is 15.2. The number of phenolic OH excluding ortho intramolecular Hbond substituents is 1. The van der Waals surface area contributed by atoms with Gasteiger partial charge in [0.15, 0.2) is 0 Å². The van der Waals surface area contributed by atoms with Crippen molar-refractivity contribution in [1.82, 2.24) is 20.1 Å². The zero-order valence-electron chi connectivity index (χ0n) is 17.1. The Balaban J connectivity index is 1.66. The second-order valence-electron chi connectivity index (χ2n) is 7.67. The minimum absolute atomic E-state index is 0.113. The van der Waals surface area contributed by atoms with E-state index in [1.807, 2.05) is 29.2 Å². The smallest absolute Gasteiger partial charge is 0.273 e. The van der Waals surface area contributed by atoms with Crippen molar-refractivity contribution in [3.8, 4) is 17.0 Å². The molecule has 2 aromatic heterocycles. The molecule has 0 unspecified atom stereocenters. The second kappa shape index (κ2) is 7.72. The Morgan fingerprint density at radius 3 is 2.55 bits per heavy atom. The van der Waals surface area contributed by atoms with Crippen LogP contribution in [-0.2, 0) is 13.0 Å². The van der Waals surface area contributed by atoms with Crippen LogP contribution in [0.2, 0.25) is 0 Å². The lowest BCUT2D eigenvalue weighted by atomic mass is 9.94. The molecule has 4 aromatic rings. The number of hydrogen-bond acceptors (Lipinski definition) is 4. The third-order valence-electron chi connectivity index (χ3n) is 5.80. The third kappa shape index (κ3) is 3.26. The first kappa shape index (κ1) is 19.1. The van der Waals surface area contributed by atoms with Gasteiger partial charge >= 0.3 is 0 Å². The van der Waals surface area contributed by atoms with Crippen LogP contribution in [0.25, 0.3) is 11.3 Å². The van der Waals surface area contributed by atoms with Gasteiger partial charge in [-0.15, -0.1) is 0 Å². The van der Waals surface area contributed by atoms with Crippen LogP contribution in [0, 0.1) is 0 Å². The van der Waals surface area contributed by atoms with Gasteiger partial charge in [-0.2, -0.15) is 5.10 Å². The summed E-state index contributed by atoms with van der Waals surface area (Å²) in [5.41, 5.74) is 5.65. The molecule has 0 saturated heterocycles. The van der Waals surface area contributed by atoms with Crippen LogP contribution in [0.1, 0.15) is 45.7 Å². The lowest BCUT2D eigenvalue weighted by molar-refractivity contribution is 0.0730. The van der Waals surface area contributed by atoms with Crippen LogP contribution < -0.4 is 0 Å². The summed E-state index contributed by atoms with van der Waals surface area (Å²) in [7, 11) is 0. The molecule has 1 aliphatic rings. The monoisotopic (exact) mass is 410 g/mol. The Bertz CT molecular complexity index is 1230. The molecule has 6 nitrogen and oxygen atoms in total. The van der Waals surface area contributed by atoms with E-state index in [0.29, 0.717) is 23.5 Å². The van der Waals surface area contributed by atoms with Gasteiger partial charge in [-0.3, -0.25) is 14.9 Å². The number of pyridine rings is 1. The van der Waals surface area contributed by atoms with Crippen molar-refractivity contribution in [3.63, 3.8) is 0 Å². The van der Waals surface area contributed by atoms with Gasteiger partial charge < -0.3 is 10.0 Å². The molecule has 1 atom stereocenters. The van der Waals surface area contributed by atoms with Gasteiger partial charge in [0.1, 0.15) is 17.1 Å². The summed E-state index contributed by atoms with van der Waals surface area (Å²) < 4.78 is 0. The normalized spacial score (nSPS) is 15.3. The number of aromatic amines is 1. The second-order valence-corrected chi connectivity index (χ2v) is 7.67. The van der Waals surface area contributed by atoms with Crippen LogP contribution in [0.15, 0.2) is 73.1 Å². The molecule has 0 spiro atoms. The molecule has 6 heteroatoms. The summed E-state index contributed by atoms with van der Waals surface area (Å²) in [5.74, 6) is 0.0210. The van der Waals surface area contributed by atoms with E-state index in [9.17, 15) is 9.90 Å². The number of hydrogen-bond donors (Lipinski definition) is 2. The van der Waals surface area contributed by atoms with Crippen molar-refractivity contribution in [2.45, 2.75) is 25.9 Å². The zero-order chi connectivity index (χ0) is 21.4. The van der Waals surface area contributed by atoms with Gasteiger partial charge in [-0.05, 0) is 41.3 Å². The molecule has 2 aromatic carbocycles. The summed E-state index contributed by atoms with van der Waals surface area (Å²) in [6.45, 7) is 2.54. The van der Waals surface area contributed by atoms with E-state index < -0.39 is 0 Å². The van der Waals surface area contributed by atoms with E-state index in [1.54, 1.807) is 24.5 Å². The number of H-pyrrole nitrogens is 1. The largest absolute Gasteiger partial charge is 0.507 e. The van der Waals surface area contributed by atoms with Crippen LogP contribution in [0.5, 0.6) is 5.75 Å². The van der Waals surface area contributed by atoms with Crippen LogP contribution in [0.4, 0.5) is 0 Å². The highest BCUT2D eigenvalue weighted by atomic mass is 16.3. The van der Waals surface area contributed by atoms with Gasteiger partial charge in [0.25, 0.3) is 5.91 Å². The molecule has 0 fully saturated rings. The fourth-order valence-corrected chi connectivity index (χ4v) is 4.21. The first-order valence-corrected chi connectivity index (χ1v) is 10.3. The molecule has 1 amide bonds. The predicted octanol–water partition coefficient (Wildman–Crippen LogP) is 4.49. The summed E-state index contributed by atoms with van der Waals surface area (Å²) in [4.78, 5) is 19.4. The number of aryl methyl sites for hydroxylation is 1. The molecule has 0 saturated carbocycles. The summed E-state index contributed by atoms with van der Waals surface area (Å²) in [6.07, 6.45) is 4.45. The van der Waals surface area contributed by atoms with Crippen LogP contribution in [0.3, 0.4) is 0 Å². The highest BCUT2D eigenvalue weighted by Crippen LogP contribution is 2.44. The molecule has 0 radical (unpaired) electrons. The number of aromatic nitrogens is 3. The first-order valence-electron chi connectivity index (χ1n) is 10.3. The maximum absolute atomic E-state index is 13.4. The van der Waals surface area contributed by atoms with E-state index in [2.05, 4.69) is 46.4 Å². The van der Waals surface area contributed by atoms with Gasteiger partial charge in [-0.25, -0.2) is 0 Å². The number of aromatic hydroxyl groups is 1. The maximum atomic E-state index is 13.4. The van der Waals surface area contributed by atoms with Crippen LogP contribution in [-0.4, -0.2) is 31.1 Å². The molecule has 0 bridgehead atoms. The van der Waals surface area contributed by atoms with Gasteiger partial charge in [-0.1, -0.05) is 49.4 Å². The lowest BCUT2D eigenvalue weighted by Crippen LogP contribution is -2.29. The fourth-order valence-electron chi connectivity index (χ4n) is 4.21. The van der Waals surface area contributed by atoms with E-state index in [4.69, 9.17) is 0 Å². The highest BCUT2D eigenvalue weighted by Gasteiger charge is 2.42. The SMILES string of the molecule is CCc1ccc([C@H]2c3c(-c4ccccc4O)n[nH]c3C(=O)N2Cc2cccnc2)cc1. The Morgan fingerprint density at radius 2 is 1.84 bits per heavy atom. The molecule has 154 valence electrons. The van der Waals surface area contributed by atoms with E-state index in [-0.39, 0.29) is 17.7 Å². The topological polar surface area (TPSA) is 82.1 Å². The number of carbonyl (C=O) groups is 1. The number of para-hydroxylation sites is 1. The highest BCUT2D eigenvalue weighted by molar-refractivity contribution is 6.00. The Hall–Kier alpha value is -3.93. The van der Waals surface area contributed by atoms with E-state index in [1.165, 1.54) is 5.56 Å². The average Bonchev–Trinajstić information content (AvgIpc) is 3.34. The Kier molecular flexibility index (Phi) is 4.75. The summed E-state index contributed by atoms with van der Waals surface area (Å²) in [5, 5.41) is 17.8. The minimum Gasteiger partial charge on any atom is -0.507 e. The maximum Gasteiger partial charge on any atom is 0.273 e. The molecule has 3 heterocycles. The lowest BCUT2D eigenvalue weighted by Gasteiger charge is -2.26. The summed E-state index contributed by atoms with van der Waals surface area (Å²) >= 11 is 0. The average molecular weight is 410 g/mol. The third-order valence-corrected chi connectivity index (χ3v) is 5.80. The van der Waals surface area contributed by atoms with Crippen molar-refractivity contribution in [2.75, 3.05) is 0 Å². The predicted molar refractivity (Wildman–Crippen MR) is 117 cm³/mol. The molecular weight excluding hydrogens is 388 g/mol. The van der Waals surface area contributed by atoms with Gasteiger partial charge in [0.2, 0.25) is 0 Å². The van der Waals surface area contributed by atoms with Crippen molar-refractivity contribution >= 4 is 5.91 Å². The number of nitrogens with one attached hydrogen (secondary N) is 1. The van der Waals surface area contributed by atoms with Crippen molar-refractivity contribution in [2.24, 2.45) is 0 Å². The van der Waals surface area contributed by atoms with Gasteiger partial charge in [0.05, 0.1) is 6.04 Å². The number of benzene rings is 2. The standard InChI is InChI=1S/C25H22N4O2/c1-2-16-9-11-18(12-10-16)24-21-22(19-7-3-4-8-20(19)30)27-28-23(21)25(31)29(24)15-17-6-5-13-26-14-17/h3-14,24,30H,2,15H2,1H3,(H,27,28)/t24-/m0/s1. The quantitative estimate of drug-likeness (QED) is 0.508. The van der Waals surface area contributed by atoms with E-state index >= 15 is 0 Å². The van der Waals surface area contributed by atoms with Crippen molar-refractivity contribution in [3.05, 3.63) is 101 Å². The van der Waals surface area contributed by atoms with Crippen molar-refractivity contribution in [1.29, 1.82) is 0 Å². The molecule has 1 aliphatic heterocycles. The molecule has 0 aliphatic carbocycles. The molecule has 5 rings (SSSR count). The minimum atomic E-state index is -0.318. The molecular formula is C25H22N4O2. The number of amides is 1. The Morgan fingerprint density at radius 1 is 1.03 bits per heavy atom. The van der Waals surface area contributed by atoms with Crippen molar-refractivity contribution < 1.29 is 9.90 Å². The number of fused-ring (bicyclic) bond motifs is 1. The molecule has 2 N–H and O–H groups in total. The summed E-state index contributed by atoms with van der Waals surface area (Å²) in [6, 6.07) is 18.9. The van der Waals surface area contributed by atoms with Gasteiger partial charge in [0, 0.05) is 30.1 Å². The number of nitrogens with zero attached hydrogens (tertiary/aromatic N) is 3. The fraction of sp³-hybridized carbons (Fsp3) is 0.160. The number of carbonyl (C=O) groups excluding carboxylic acids is 1. The van der Waals surface area contributed by atoms with Crippen LogP contribution >= 0.6 is 0 Å². The number of phenols is 1. The zero-order valence-corrected chi connectivity index (χ0v) is 17.1.